The van der Waals surface area contributed by atoms with E-state index in [1.807, 2.05) is 13.8 Å². The van der Waals surface area contributed by atoms with E-state index in [9.17, 15) is 9.59 Å². The van der Waals surface area contributed by atoms with Gasteiger partial charge in [0, 0.05) is 0 Å². The molecule has 1 rings (SSSR count). The largest absolute Gasteiger partial charge is 0.449 e. The molecule has 0 spiro atoms. The Balaban J connectivity index is 2.71. The van der Waals surface area contributed by atoms with Crippen LogP contribution in [0.15, 0.2) is 30.3 Å². The van der Waals surface area contributed by atoms with Crippen molar-refractivity contribution >= 4 is 11.9 Å². The highest BCUT2D eigenvalue weighted by Gasteiger charge is 2.22. The summed E-state index contributed by atoms with van der Waals surface area (Å²) in [5, 5.41) is 11.4. The average Bonchev–Trinajstić information content (AvgIpc) is 2.42. The third kappa shape index (κ3) is 5.09. The van der Waals surface area contributed by atoms with E-state index in [0.717, 1.165) is 0 Å². The molecule has 0 fully saturated rings. The van der Waals surface area contributed by atoms with Gasteiger partial charge in [0.2, 0.25) is 0 Å². The minimum absolute atomic E-state index is 0.217. The number of rotatable bonds is 6. The summed E-state index contributed by atoms with van der Waals surface area (Å²) in [6, 6.07) is 7.86. The molecule has 1 aromatic rings. The SMILES string of the molecule is CC(C)COC(=O)N[C@H](C(=O)CO)c1ccccc1. The first-order valence-corrected chi connectivity index (χ1v) is 6.16. The summed E-state index contributed by atoms with van der Waals surface area (Å²) in [5.41, 5.74) is 0.614. The van der Waals surface area contributed by atoms with Crippen molar-refractivity contribution in [3.05, 3.63) is 35.9 Å². The van der Waals surface area contributed by atoms with E-state index in [1.54, 1.807) is 30.3 Å². The number of aliphatic hydroxyl groups excluding tert-OH is 1. The summed E-state index contributed by atoms with van der Waals surface area (Å²) >= 11 is 0. The van der Waals surface area contributed by atoms with E-state index >= 15 is 0 Å². The number of ketones is 1. The fourth-order valence-corrected chi connectivity index (χ4v) is 1.49. The maximum atomic E-state index is 11.7. The Morgan fingerprint density at radius 1 is 1.26 bits per heavy atom. The molecule has 2 N–H and O–H groups in total. The molecule has 1 aromatic carbocycles. The van der Waals surface area contributed by atoms with Crippen molar-refractivity contribution < 1.29 is 19.4 Å². The van der Waals surface area contributed by atoms with Crippen molar-refractivity contribution in [2.24, 2.45) is 5.92 Å². The zero-order valence-electron chi connectivity index (χ0n) is 11.1. The van der Waals surface area contributed by atoms with Crippen LogP contribution in [-0.2, 0) is 9.53 Å². The van der Waals surface area contributed by atoms with Crippen molar-refractivity contribution in [3.8, 4) is 0 Å². The van der Waals surface area contributed by atoms with E-state index in [4.69, 9.17) is 9.84 Å². The number of carbonyl (C=O) groups is 2. The molecule has 0 aliphatic heterocycles. The summed E-state index contributed by atoms with van der Waals surface area (Å²) in [6.07, 6.45) is -0.663. The molecular weight excluding hydrogens is 246 g/mol. The van der Waals surface area contributed by atoms with Crippen molar-refractivity contribution in [2.45, 2.75) is 19.9 Å². The van der Waals surface area contributed by atoms with Crippen molar-refractivity contribution in [2.75, 3.05) is 13.2 Å². The number of aliphatic hydroxyl groups is 1. The number of alkyl carbamates (subject to hydrolysis) is 1. The van der Waals surface area contributed by atoms with Gasteiger partial charge in [0.15, 0.2) is 5.78 Å². The van der Waals surface area contributed by atoms with Gasteiger partial charge in [-0.25, -0.2) is 4.79 Å². The Morgan fingerprint density at radius 3 is 2.42 bits per heavy atom. The molecule has 0 aliphatic rings. The van der Waals surface area contributed by atoms with Gasteiger partial charge in [0.25, 0.3) is 0 Å². The van der Waals surface area contributed by atoms with Gasteiger partial charge < -0.3 is 15.2 Å². The highest BCUT2D eigenvalue weighted by atomic mass is 16.5. The molecule has 0 bridgehead atoms. The summed E-state index contributed by atoms with van der Waals surface area (Å²) in [5.74, 6) is -0.262. The van der Waals surface area contributed by atoms with E-state index in [1.165, 1.54) is 0 Å². The predicted octanol–water partition coefficient (Wildman–Crippen LogP) is 1.67. The minimum Gasteiger partial charge on any atom is -0.449 e. The molecular formula is C14H19NO4. The molecule has 0 saturated heterocycles. The standard InChI is InChI=1S/C14H19NO4/c1-10(2)9-19-14(18)15-13(12(17)8-16)11-6-4-3-5-7-11/h3-7,10,13,16H,8-9H2,1-2H3,(H,15,18)/t13-/m0/s1. The quantitative estimate of drug-likeness (QED) is 0.820. The Bertz CT molecular complexity index is 417. The first-order valence-electron chi connectivity index (χ1n) is 6.16. The number of ether oxygens (including phenoxy) is 1. The molecule has 0 aliphatic carbocycles. The zero-order chi connectivity index (χ0) is 14.3. The molecule has 0 radical (unpaired) electrons. The van der Waals surface area contributed by atoms with Crippen LogP contribution >= 0.6 is 0 Å². The fourth-order valence-electron chi connectivity index (χ4n) is 1.49. The summed E-state index contributed by atoms with van der Waals surface area (Å²) < 4.78 is 4.97. The van der Waals surface area contributed by atoms with E-state index in [2.05, 4.69) is 5.32 Å². The van der Waals surface area contributed by atoms with Crippen LogP contribution in [0.5, 0.6) is 0 Å². The van der Waals surface area contributed by atoms with Gasteiger partial charge in [-0.1, -0.05) is 44.2 Å². The molecule has 19 heavy (non-hydrogen) atoms. The van der Waals surface area contributed by atoms with Crippen molar-refractivity contribution in [1.82, 2.24) is 5.32 Å². The second kappa shape index (κ2) is 7.53. The molecule has 5 nitrogen and oxygen atoms in total. The number of nitrogens with one attached hydrogen (secondary N) is 1. The molecule has 1 amide bonds. The lowest BCUT2D eigenvalue weighted by Gasteiger charge is -2.17. The number of amides is 1. The van der Waals surface area contributed by atoms with Crippen molar-refractivity contribution in [3.63, 3.8) is 0 Å². The van der Waals surface area contributed by atoms with Crippen LogP contribution in [-0.4, -0.2) is 30.2 Å². The first-order chi connectivity index (χ1) is 9.04. The van der Waals surface area contributed by atoms with Gasteiger partial charge in [-0.3, -0.25) is 4.79 Å². The number of hydrogen-bond donors (Lipinski definition) is 2. The van der Waals surface area contributed by atoms with Crippen LogP contribution in [0.2, 0.25) is 0 Å². The zero-order valence-corrected chi connectivity index (χ0v) is 11.1. The Labute approximate surface area is 112 Å². The monoisotopic (exact) mass is 265 g/mol. The molecule has 1 atom stereocenters. The first kappa shape index (κ1) is 15.2. The van der Waals surface area contributed by atoms with E-state index in [0.29, 0.717) is 5.56 Å². The lowest BCUT2D eigenvalue weighted by atomic mass is 10.0. The highest BCUT2D eigenvalue weighted by Crippen LogP contribution is 2.13. The molecule has 104 valence electrons. The van der Waals surface area contributed by atoms with E-state index < -0.39 is 24.5 Å². The average molecular weight is 265 g/mol. The fraction of sp³-hybridized carbons (Fsp3) is 0.429. The van der Waals surface area contributed by atoms with Gasteiger partial charge in [0.05, 0.1) is 6.61 Å². The second-order valence-corrected chi connectivity index (χ2v) is 4.60. The predicted molar refractivity (Wildman–Crippen MR) is 70.6 cm³/mol. The number of benzene rings is 1. The molecule has 0 aromatic heterocycles. The number of carbonyl (C=O) groups excluding carboxylic acids is 2. The molecule has 0 saturated carbocycles. The van der Waals surface area contributed by atoms with Crippen LogP contribution < -0.4 is 5.32 Å². The number of hydrogen-bond acceptors (Lipinski definition) is 4. The van der Waals surface area contributed by atoms with Crippen LogP contribution in [0.3, 0.4) is 0 Å². The second-order valence-electron chi connectivity index (χ2n) is 4.60. The van der Waals surface area contributed by atoms with Crippen LogP contribution in [0.1, 0.15) is 25.5 Å². The Hall–Kier alpha value is -1.88. The third-order valence-corrected chi connectivity index (χ3v) is 2.42. The topological polar surface area (TPSA) is 75.6 Å². The summed E-state index contributed by atoms with van der Waals surface area (Å²) in [7, 11) is 0. The van der Waals surface area contributed by atoms with Gasteiger partial charge in [-0.15, -0.1) is 0 Å². The van der Waals surface area contributed by atoms with E-state index in [-0.39, 0.29) is 12.5 Å². The Kier molecular flexibility index (Phi) is 6.02. The summed E-state index contributed by atoms with van der Waals surface area (Å²) in [6.45, 7) is 3.48. The Morgan fingerprint density at radius 2 is 1.89 bits per heavy atom. The van der Waals surface area contributed by atoms with Gasteiger partial charge in [-0.05, 0) is 11.5 Å². The lowest BCUT2D eigenvalue weighted by molar-refractivity contribution is -0.123. The molecule has 0 heterocycles. The highest BCUT2D eigenvalue weighted by molar-refractivity contribution is 5.89. The van der Waals surface area contributed by atoms with Crippen LogP contribution in [0.4, 0.5) is 4.79 Å². The maximum absolute atomic E-state index is 11.7. The minimum atomic E-state index is -0.883. The summed E-state index contributed by atoms with van der Waals surface area (Å²) in [4.78, 5) is 23.3. The molecule has 5 heteroatoms. The molecule has 0 unspecified atom stereocenters. The number of Topliss-reactive ketones (excluding diaryl/α,β-unsaturated/α-hetero) is 1. The van der Waals surface area contributed by atoms with Crippen LogP contribution in [0.25, 0.3) is 0 Å². The van der Waals surface area contributed by atoms with Crippen LogP contribution in [0, 0.1) is 5.92 Å². The van der Waals surface area contributed by atoms with Crippen molar-refractivity contribution in [1.29, 1.82) is 0 Å². The normalized spacial score (nSPS) is 12.0. The smallest absolute Gasteiger partial charge is 0.407 e. The maximum Gasteiger partial charge on any atom is 0.407 e. The lowest BCUT2D eigenvalue weighted by Crippen LogP contribution is -2.36. The van der Waals surface area contributed by atoms with Gasteiger partial charge in [0.1, 0.15) is 12.6 Å². The van der Waals surface area contributed by atoms with Gasteiger partial charge in [-0.2, -0.15) is 0 Å². The van der Waals surface area contributed by atoms with Gasteiger partial charge >= 0.3 is 6.09 Å². The third-order valence-electron chi connectivity index (χ3n) is 2.42.